The number of thiazole rings is 1. The van der Waals surface area contributed by atoms with Crippen LogP contribution in [0, 0.1) is 6.92 Å². The van der Waals surface area contributed by atoms with Crippen molar-refractivity contribution in [3.8, 4) is 5.75 Å². The summed E-state index contributed by atoms with van der Waals surface area (Å²) in [6, 6.07) is 14.0. The molecule has 1 aromatic carbocycles. The molecule has 0 spiro atoms. The summed E-state index contributed by atoms with van der Waals surface area (Å²) in [6.07, 6.45) is 4.91. The van der Waals surface area contributed by atoms with Gasteiger partial charge in [-0.3, -0.25) is 9.78 Å². The number of carbonyl (C=O) groups is 2. The van der Waals surface area contributed by atoms with Crippen LogP contribution < -0.4 is 4.74 Å². The molecule has 2 heterocycles. The van der Waals surface area contributed by atoms with E-state index in [9.17, 15) is 9.59 Å². The van der Waals surface area contributed by atoms with E-state index in [4.69, 9.17) is 9.47 Å². The van der Waals surface area contributed by atoms with E-state index in [1.807, 2.05) is 42.2 Å². The molecule has 0 saturated heterocycles. The van der Waals surface area contributed by atoms with Gasteiger partial charge in [-0.25, -0.2) is 9.78 Å². The summed E-state index contributed by atoms with van der Waals surface area (Å²) >= 11 is 1.44. The van der Waals surface area contributed by atoms with Crippen LogP contribution in [-0.2, 0) is 27.9 Å². The largest absolute Gasteiger partial charge is 0.495 e. The molecule has 1 fully saturated rings. The Morgan fingerprint density at radius 2 is 1.91 bits per heavy atom. The molecular formula is C27H31N3O4S. The molecule has 1 aliphatic rings. The van der Waals surface area contributed by atoms with Gasteiger partial charge in [-0.05, 0) is 57.2 Å². The fraction of sp³-hybridized carbons (Fsp3) is 0.407. The van der Waals surface area contributed by atoms with Gasteiger partial charge >= 0.3 is 5.97 Å². The van der Waals surface area contributed by atoms with Gasteiger partial charge in [-0.1, -0.05) is 30.3 Å². The van der Waals surface area contributed by atoms with E-state index in [1.165, 1.54) is 16.9 Å². The third kappa shape index (κ3) is 5.70. The van der Waals surface area contributed by atoms with Crippen LogP contribution in [0.15, 0.2) is 48.7 Å². The first-order valence-corrected chi connectivity index (χ1v) is 12.8. The van der Waals surface area contributed by atoms with Crippen molar-refractivity contribution in [2.45, 2.75) is 51.5 Å². The summed E-state index contributed by atoms with van der Waals surface area (Å²) in [7, 11) is 1.60. The Bertz CT molecular complexity index is 1160. The van der Waals surface area contributed by atoms with Gasteiger partial charge in [-0.2, -0.15) is 0 Å². The zero-order valence-corrected chi connectivity index (χ0v) is 21.3. The van der Waals surface area contributed by atoms with Gasteiger partial charge in [0.15, 0.2) is 5.69 Å². The van der Waals surface area contributed by atoms with Crippen LogP contribution in [0.3, 0.4) is 0 Å². The SMILES string of the molecule is CCOC(=O)c1nc(CN(CCCc2ccccc2)C(=O)C2(c3ccc(OC)cn3)CC2)sc1C. The molecule has 1 aliphatic carbocycles. The van der Waals surface area contributed by atoms with Crippen LogP contribution in [-0.4, -0.2) is 47.0 Å². The fourth-order valence-corrected chi connectivity index (χ4v) is 5.17. The topological polar surface area (TPSA) is 81.6 Å². The van der Waals surface area contributed by atoms with Crippen LogP contribution in [0.1, 0.15) is 57.8 Å². The summed E-state index contributed by atoms with van der Waals surface area (Å²) in [5.41, 5.74) is 1.75. The molecule has 7 nitrogen and oxygen atoms in total. The monoisotopic (exact) mass is 493 g/mol. The average molecular weight is 494 g/mol. The van der Waals surface area contributed by atoms with Crippen molar-refractivity contribution < 1.29 is 19.1 Å². The van der Waals surface area contributed by atoms with Crippen LogP contribution in [0.5, 0.6) is 5.75 Å². The number of rotatable bonds is 11. The summed E-state index contributed by atoms with van der Waals surface area (Å²) in [5.74, 6) is 0.311. The van der Waals surface area contributed by atoms with E-state index < -0.39 is 11.4 Å². The number of hydrogen-bond acceptors (Lipinski definition) is 7. The Hall–Kier alpha value is -3.26. The number of methoxy groups -OCH3 is 1. The van der Waals surface area contributed by atoms with Crippen molar-refractivity contribution in [3.05, 3.63) is 75.5 Å². The Labute approximate surface area is 210 Å². The Morgan fingerprint density at radius 3 is 2.54 bits per heavy atom. The number of hydrogen-bond donors (Lipinski definition) is 0. The molecule has 35 heavy (non-hydrogen) atoms. The van der Waals surface area contributed by atoms with Crippen molar-refractivity contribution in [1.82, 2.24) is 14.9 Å². The molecule has 0 unspecified atom stereocenters. The van der Waals surface area contributed by atoms with Crippen molar-refractivity contribution in [1.29, 1.82) is 0 Å². The maximum absolute atomic E-state index is 13.9. The van der Waals surface area contributed by atoms with Crippen LogP contribution in [0.4, 0.5) is 0 Å². The average Bonchev–Trinajstić information content (AvgIpc) is 3.61. The maximum Gasteiger partial charge on any atom is 0.358 e. The molecule has 4 rings (SSSR count). The molecule has 184 valence electrons. The molecule has 1 saturated carbocycles. The lowest BCUT2D eigenvalue weighted by Gasteiger charge is -2.27. The van der Waals surface area contributed by atoms with Gasteiger partial charge in [0.05, 0.1) is 37.6 Å². The third-order valence-corrected chi connectivity index (χ3v) is 7.24. The highest BCUT2D eigenvalue weighted by atomic mass is 32.1. The molecular weight excluding hydrogens is 462 g/mol. The van der Waals surface area contributed by atoms with E-state index in [0.29, 0.717) is 31.1 Å². The number of carbonyl (C=O) groups excluding carboxylic acids is 2. The summed E-state index contributed by atoms with van der Waals surface area (Å²) in [6.45, 7) is 4.89. The first kappa shape index (κ1) is 24.9. The molecule has 0 aliphatic heterocycles. The molecule has 1 amide bonds. The molecule has 8 heteroatoms. The lowest BCUT2D eigenvalue weighted by atomic mass is 9.99. The number of benzene rings is 1. The van der Waals surface area contributed by atoms with E-state index in [2.05, 4.69) is 22.1 Å². The number of aryl methyl sites for hydroxylation is 2. The number of ether oxygens (including phenoxy) is 2. The predicted molar refractivity (Wildman–Crippen MR) is 135 cm³/mol. The minimum atomic E-state index is -0.602. The van der Waals surface area contributed by atoms with Gasteiger partial charge < -0.3 is 14.4 Å². The molecule has 2 aromatic heterocycles. The Balaban J connectivity index is 1.54. The molecule has 0 atom stereocenters. The summed E-state index contributed by atoms with van der Waals surface area (Å²) in [4.78, 5) is 37.9. The second-order valence-corrected chi connectivity index (χ2v) is 10.0. The van der Waals surface area contributed by atoms with E-state index >= 15 is 0 Å². The highest BCUT2D eigenvalue weighted by molar-refractivity contribution is 7.11. The quantitative estimate of drug-likeness (QED) is 0.360. The lowest BCUT2D eigenvalue weighted by molar-refractivity contribution is -0.134. The van der Waals surface area contributed by atoms with Gasteiger partial charge in [0, 0.05) is 11.4 Å². The minimum Gasteiger partial charge on any atom is -0.495 e. The molecule has 3 aromatic rings. The van der Waals surface area contributed by atoms with Crippen molar-refractivity contribution in [2.75, 3.05) is 20.3 Å². The number of esters is 1. The van der Waals surface area contributed by atoms with Gasteiger partial charge in [0.25, 0.3) is 0 Å². The fourth-order valence-electron chi connectivity index (χ4n) is 4.23. The second-order valence-electron chi connectivity index (χ2n) is 8.71. The highest BCUT2D eigenvalue weighted by Crippen LogP contribution is 2.49. The van der Waals surface area contributed by atoms with Gasteiger partial charge in [0.2, 0.25) is 5.91 Å². The van der Waals surface area contributed by atoms with E-state index in [1.54, 1.807) is 20.2 Å². The maximum atomic E-state index is 13.9. The number of aromatic nitrogens is 2. The summed E-state index contributed by atoms with van der Waals surface area (Å²) in [5, 5.41) is 0.733. The van der Waals surface area contributed by atoms with E-state index in [-0.39, 0.29) is 5.91 Å². The Morgan fingerprint density at radius 1 is 1.14 bits per heavy atom. The van der Waals surface area contributed by atoms with Crippen molar-refractivity contribution >= 4 is 23.2 Å². The smallest absolute Gasteiger partial charge is 0.358 e. The predicted octanol–water partition coefficient (Wildman–Crippen LogP) is 4.73. The standard InChI is InChI=1S/C27H31N3O4S/c1-4-34-25(31)24-19(2)35-23(29-24)18-30(16-8-11-20-9-6-5-7-10-20)26(32)27(14-15-27)22-13-12-21(33-3)17-28-22/h5-7,9-10,12-13,17H,4,8,11,14-16,18H2,1-3H3. The van der Waals surface area contributed by atoms with Crippen molar-refractivity contribution in [3.63, 3.8) is 0 Å². The van der Waals surface area contributed by atoms with Crippen LogP contribution in [0.2, 0.25) is 0 Å². The third-order valence-electron chi connectivity index (χ3n) is 6.28. The normalized spacial score (nSPS) is 13.8. The second kappa shape index (κ2) is 11.0. The summed E-state index contributed by atoms with van der Waals surface area (Å²) < 4.78 is 10.4. The minimum absolute atomic E-state index is 0.0637. The number of nitrogens with zero attached hydrogens (tertiary/aromatic N) is 3. The zero-order valence-electron chi connectivity index (χ0n) is 20.5. The zero-order chi connectivity index (χ0) is 24.8. The van der Waals surface area contributed by atoms with Crippen LogP contribution >= 0.6 is 11.3 Å². The van der Waals surface area contributed by atoms with Gasteiger partial charge in [0.1, 0.15) is 10.8 Å². The molecule has 0 radical (unpaired) electrons. The van der Waals surface area contributed by atoms with E-state index in [0.717, 1.165) is 41.3 Å². The first-order chi connectivity index (χ1) is 17.0. The molecule has 0 bridgehead atoms. The number of amides is 1. The Kier molecular flexibility index (Phi) is 7.80. The lowest BCUT2D eigenvalue weighted by Crippen LogP contribution is -2.40. The van der Waals surface area contributed by atoms with Crippen LogP contribution in [0.25, 0.3) is 0 Å². The number of pyridine rings is 1. The first-order valence-electron chi connectivity index (χ1n) is 11.9. The van der Waals surface area contributed by atoms with Crippen molar-refractivity contribution in [2.24, 2.45) is 0 Å². The van der Waals surface area contributed by atoms with Gasteiger partial charge in [-0.15, -0.1) is 11.3 Å². The highest BCUT2D eigenvalue weighted by Gasteiger charge is 2.54. The molecule has 0 N–H and O–H groups in total.